The van der Waals surface area contributed by atoms with Gasteiger partial charge in [-0.25, -0.2) is 0 Å². The molecule has 0 saturated heterocycles. The number of ketones is 1. The molecule has 0 unspecified atom stereocenters. The lowest BCUT2D eigenvalue weighted by atomic mass is 10.0. The summed E-state index contributed by atoms with van der Waals surface area (Å²) < 4.78 is 0. The van der Waals surface area contributed by atoms with Gasteiger partial charge in [0.15, 0.2) is 5.78 Å². The molecule has 1 heteroatoms. The molecule has 0 fully saturated rings. The Morgan fingerprint density at radius 1 is 1.06 bits per heavy atom. The van der Waals surface area contributed by atoms with E-state index in [1.807, 2.05) is 6.08 Å². The van der Waals surface area contributed by atoms with Crippen molar-refractivity contribution in [1.29, 1.82) is 0 Å². The number of rotatable bonds is 2. The highest BCUT2D eigenvalue weighted by Crippen LogP contribution is 2.36. The number of carbonyl (C=O) groups excluding carboxylic acids is 1. The Balaban J connectivity index is 2.01. The van der Waals surface area contributed by atoms with E-state index >= 15 is 0 Å². The predicted molar refractivity (Wildman–Crippen MR) is 74.4 cm³/mol. The Morgan fingerprint density at radius 2 is 1.83 bits per heavy atom. The van der Waals surface area contributed by atoms with Gasteiger partial charge in [-0.2, -0.15) is 0 Å². The zero-order valence-electron chi connectivity index (χ0n) is 10.3. The van der Waals surface area contributed by atoms with E-state index in [0.29, 0.717) is 0 Å². The predicted octanol–water partition coefficient (Wildman–Crippen LogP) is 3.86. The molecule has 0 saturated carbocycles. The van der Waals surface area contributed by atoms with E-state index in [2.05, 4.69) is 42.5 Å². The van der Waals surface area contributed by atoms with Crippen LogP contribution in [0.4, 0.5) is 0 Å². The average molecular weight is 234 g/mol. The van der Waals surface area contributed by atoms with Crippen LogP contribution in [0.15, 0.2) is 48.5 Å². The molecule has 88 valence electrons. The highest BCUT2D eigenvalue weighted by molar-refractivity contribution is 5.91. The van der Waals surface area contributed by atoms with E-state index in [-0.39, 0.29) is 5.78 Å². The third-order valence-electron chi connectivity index (χ3n) is 3.33. The highest BCUT2D eigenvalue weighted by atomic mass is 16.1. The Morgan fingerprint density at radius 3 is 2.67 bits per heavy atom. The van der Waals surface area contributed by atoms with E-state index in [4.69, 9.17) is 0 Å². The summed E-state index contributed by atoms with van der Waals surface area (Å²) >= 11 is 0. The minimum Gasteiger partial charge on any atom is -0.295 e. The second-order valence-electron chi connectivity index (χ2n) is 4.69. The fourth-order valence-corrected chi connectivity index (χ4v) is 2.48. The highest BCUT2D eigenvalue weighted by Gasteiger charge is 2.17. The zero-order valence-corrected chi connectivity index (χ0v) is 10.3. The van der Waals surface area contributed by atoms with Crippen molar-refractivity contribution in [3.05, 3.63) is 65.2 Å². The number of carbonyl (C=O) groups is 1. The second kappa shape index (κ2) is 4.26. The maximum absolute atomic E-state index is 10.9. The van der Waals surface area contributed by atoms with Crippen molar-refractivity contribution >= 4 is 11.9 Å². The lowest BCUT2D eigenvalue weighted by Crippen LogP contribution is -1.84. The maximum atomic E-state index is 10.9. The third-order valence-corrected chi connectivity index (χ3v) is 3.33. The smallest absolute Gasteiger partial charge is 0.152 e. The molecule has 0 atom stereocenters. The van der Waals surface area contributed by atoms with Crippen LogP contribution < -0.4 is 0 Å². The molecule has 0 N–H and O–H groups in total. The first-order valence-electron chi connectivity index (χ1n) is 6.14. The SMILES string of the molecule is CC(=O)C=Cc1ccc2c(c1)Cc1ccccc1-2. The molecule has 18 heavy (non-hydrogen) atoms. The standard InChI is InChI=1S/C17H14O/c1-12(18)6-7-13-8-9-17-15(10-13)11-14-4-2-3-5-16(14)17/h2-10H,11H2,1H3. The monoisotopic (exact) mass is 234 g/mol. The third kappa shape index (κ3) is 1.88. The van der Waals surface area contributed by atoms with Gasteiger partial charge in [-0.05, 0) is 47.2 Å². The van der Waals surface area contributed by atoms with Gasteiger partial charge in [0.2, 0.25) is 0 Å². The Kier molecular flexibility index (Phi) is 2.60. The molecule has 0 heterocycles. The quantitative estimate of drug-likeness (QED) is 0.615. The van der Waals surface area contributed by atoms with E-state index in [0.717, 1.165) is 12.0 Å². The number of allylic oxidation sites excluding steroid dienone is 1. The molecular formula is C17H14O. The fraction of sp³-hybridized carbons (Fsp3) is 0.118. The molecule has 2 aromatic rings. The van der Waals surface area contributed by atoms with Crippen LogP contribution in [0.2, 0.25) is 0 Å². The molecule has 0 amide bonds. The molecule has 1 aliphatic carbocycles. The van der Waals surface area contributed by atoms with Crippen LogP contribution in [0.3, 0.4) is 0 Å². The number of benzene rings is 2. The first-order chi connectivity index (χ1) is 8.74. The van der Waals surface area contributed by atoms with Gasteiger partial charge in [0.05, 0.1) is 0 Å². The Hall–Kier alpha value is -2.15. The molecule has 0 bridgehead atoms. The van der Waals surface area contributed by atoms with Crippen molar-refractivity contribution in [2.45, 2.75) is 13.3 Å². The number of fused-ring (bicyclic) bond motifs is 3. The zero-order chi connectivity index (χ0) is 12.5. The lowest BCUT2D eigenvalue weighted by molar-refractivity contribution is -0.112. The van der Waals surface area contributed by atoms with Gasteiger partial charge < -0.3 is 0 Å². The van der Waals surface area contributed by atoms with Crippen molar-refractivity contribution in [2.24, 2.45) is 0 Å². The molecule has 0 radical (unpaired) electrons. The summed E-state index contributed by atoms with van der Waals surface area (Å²) in [6.07, 6.45) is 4.49. The number of hydrogen-bond donors (Lipinski definition) is 0. The largest absolute Gasteiger partial charge is 0.295 e. The van der Waals surface area contributed by atoms with E-state index in [9.17, 15) is 4.79 Å². The molecule has 1 aliphatic rings. The summed E-state index contributed by atoms with van der Waals surface area (Å²) in [5.74, 6) is 0.0822. The van der Waals surface area contributed by atoms with Gasteiger partial charge in [0.1, 0.15) is 0 Å². The first kappa shape index (κ1) is 11.0. The van der Waals surface area contributed by atoms with Crippen molar-refractivity contribution < 1.29 is 4.79 Å². The Bertz CT molecular complexity index is 650. The second-order valence-corrected chi connectivity index (χ2v) is 4.69. The Labute approximate surface area is 107 Å². The van der Waals surface area contributed by atoms with Crippen molar-refractivity contribution in [3.8, 4) is 11.1 Å². The molecule has 0 aromatic heterocycles. The van der Waals surface area contributed by atoms with Crippen molar-refractivity contribution in [1.82, 2.24) is 0 Å². The van der Waals surface area contributed by atoms with E-state index in [1.54, 1.807) is 13.0 Å². The topological polar surface area (TPSA) is 17.1 Å². The summed E-state index contributed by atoms with van der Waals surface area (Å²) in [6, 6.07) is 14.9. The van der Waals surface area contributed by atoms with Gasteiger partial charge in [-0.15, -0.1) is 0 Å². The maximum Gasteiger partial charge on any atom is 0.152 e. The van der Waals surface area contributed by atoms with Gasteiger partial charge in [0, 0.05) is 0 Å². The van der Waals surface area contributed by atoms with Crippen LogP contribution >= 0.6 is 0 Å². The van der Waals surface area contributed by atoms with Crippen molar-refractivity contribution in [2.75, 3.05) is 0 Å². The summed E-state index contributed by atoms with van der Waals surface area (Å²) in [5, 5.41) is 0. The summed E-state index contributed by atoms with van der Waals surface area (Å²) in [4.78, 5) is 10.9. The summed E-state index contributed by atoms with van der Waals surface area (Å²) in [5.41, 5.74) is 6.50. The van der Waals surface area contributed by atoms with Gasteiger partial charge in [0.25, 0.3) is 0 Å². The molecule has 0 spiro atoms. The fourth-order valence-electron chi connectivity index (χ4n) is 2.48. The van der Waals surface area contributed by atoms with E-state index in [1.165, 1.54) is 22.3 Å². The molecule has 2 aromatic carbocycles. The molecule has 1 nitrogen and oxygen atoms in total. The van der Waals surface area contributed by atoms with Crippen LogP contribution in [-0.4, -0.2) is 5.78 Å². The van der Waals surface area contributed by atoms with E-state index < -0.39 is 0 Å². The normalized spacial score (nSPS) is 12.5. The van der Waals surface area contributed by atoms with Gasteiger partial charge >= 0.3 is 0 Å². The van der Waals surface area contributed by atoms with Crippen LogP contribution in [0, 0.1) is 0 Å². The summed E-state index contributed by atoms with van der Waals surface area (Å²) in [6.45, 7) is 1.57. The lowest BCUT2D eigenvalue weighted by Gasteiger charge is -2.01. The van der Waals surface area contributed by atoms with Gasteiger partial charge in [-0.1, -0.05) is 48.5 Å². The van der Waals surface area contributed by atoms with Crippen LogP contribution in [0.25, 0.3) is 17.2 Å². The average Bonchev–Trinajstić information content (AvgIpc) is 2.73. The molecule has 0 aliphatic heterocycles. The first-order valence-corrected chi connectivity index (χ1v) is 6.14. The van der Waals surface area contributed by atoms with Crippen LogP contribution in [0.5, 0.6) is 0 Å². The minimum atomic E-state index is 0.0822. The summed E-state index contributed by atoms with van der Waals surface area (Å²) in [7, 11) is 0. The van der Waals surface area contributed by atoms with Crippen LogP contribution in [-0.2, 0) is 11.2 Å². The number of hydrogen-bond acceptors (Lipinski definition) is 1. The van der Waals surface area contributed by atoms with Crippen molar-refractivity contribution in [3.63, 3.8) is 0 Å². The van der Waals surface area contributed by atoms with Crippen LogP contribution in [0.1, 0.15) is 23.6 Å². The van der Waals surface area contributed by atoms with Gasteiger partial charge in [-0.3, -0.25) is 4.79 Å². The minimum absolute atomic E-state index is 0.0822. The molecular weight excluding hydrogens is 220 g/mol. The molecule has 3 rings (SSSR count).